The smallest absolute Gasteiger partial charge is 0.341 e. The van der Waals surface area contributed by atoms with Crippen molar-refractivity contribution < 1.29 is 13.9 Å². The molecule has 0 radical (unpaired) electrons. The summed E-state index contributed by atoms with van der Waals surface area (Å²) in [6.07, 6.45) is 0. The lowest BCUT2D eigenvalue weighted by Gasteiger charge is -2.27. The van der Waals surface area contributed by atoms with E-state index in [1.165, 1.54) is 7.11 Å². The number of esters is 1. The van der Waals surface area contributed by atoms with E-state index in [2.05, 4.69) is 14.6 Å². The topological polar surface area (TPSA) is 81.1 Å². The van der Waals surface area contributed by atoms with Gasteiger partial charge in [0.05, 0.1) is 7.11 Å². The quantitative estimate of drug-likeness (QED) is 0.345. The average Bonchev–Trinajstić information content (AvgIpc) is 2.86. The fourth-order valence-corrected chi connectivity index (χ4v) is 2.89. The van der Waals surface area contributed by atoms with Gasteiger partial charge < -0.3 is 19.8 Å². The number of aliphatic imine (C=N–C) groups is 1. The molecule has 2 rings (SSSR count). The Balaban J connectivity index is 0.00000220. The largest absolute Gasteiger partial charge is 0.465 e. The normalized spacial score (nSPS) is 15.5. The third-order valence-electron chi connectivity index (χ3n) is 3.11. The van der Waals surface area contributed by atoms with E-state index in [1.54, 1.807) is 13.0 Å². The standard InChI is InChI=1S/C13H19N3O3S.HI/c1-9-11(12(17)18-2)7-10(19-9)8-15-13(14)16-3-5-20-6-4-16;/h7H,3-6,8H2,1-2H3,(H2,14,15);1H. The van der Waals surface area contributed by atoms with Crippen LogP contribution in [0.4, 0.5) is 0 Å². The number of halogens is 1. The lowest BCUT2D eigenvalue weighted by molar-refractivity contribution is 0.0599. The third kappa shape index (κ3) is 4.80. The van der Waals surface area contributed by atoms with Crippen LogP contribution in [0.2, 0.25) is 0 Å². The molecular formula is C13H20IN3O3S. The van der Waals surface area contributed by atoms with Crippen LogP contribution in [0.25, 0.3) is 0 Å². The van der Waals surface area contributed by atoms with Crippen molar-refractivity contribution in [3.8, 4) is 0 Å². The van der Waals surface area contributed by atoms with E-state index in [9.17, 15) is 4.79 Å². The van der Waals surface area contributed by atoms with Gasteiger partial charge >= 0.3 is 5.97 Å². The molecule has 0 bridgehead atoms. The van der Waals surface area contributed by atoms with Gasteiger partial charge in [-0.05, 0) is 13.0 Å². The minimum absolute atomic E-state index is 0. The number of guanidine groups is 1. The second-order valence-corrected chi connectivity index (χ2v) is 5.67. The van der Waals surface area contributed by atoms with Crippen molar-refractivity contribution in [2.45, 2.75) is 13.5 Å². The zero-order valence-corrected chi connectivity index (χ0v) is 15.3. The van der Waals surface area contributed by atoms with Crippen LogP contribution in [0.1, 0.15) is 21.9 Å². The maximum Gasteiger partial charge on any atom is 0.341 e. The molecule has 0 aromatic carbocycles. The number of nitrogens with two attached hydrogens (primary N) is 1. The highest BCUT2D eigenvalue weighted by molar-refractivity contribution is 14.0. The van der Waals surface area contributed by atoms with Gasteiger partial charge in [0.1, 0.15) is 23.6 Å². The van der Waals surface area contributed by atoms with Crippen LogP contribution in [-0.4, -0.2) is 48.5 Å². The van der Waals surface area contributed by atoms with Crippen LogP contribution in [0.15, 0.2) is 15.5 Å². The molecule has 2 heterocycles. The predicted molar refractivity (Wildman–Crippen MR) is 94.4 cm³/mol. The molecule has 0 saturated carbocycles. The van der Waals surface area contributed by atoms with Gasteiger partial charge in [-0.15, -0.1) is 24.0 Å². The molecule has 0 aliphatic carbocycles. The Hall–Kier alpha value is -0.900. The molecule has 0 spiro atoms. The molecule has 0 unspecified atom stereocenters. The van der Waals surface area contributed by atoms with E-state index in [0.29, 0.717) is 29.6 Å². The van der Waals surface area contributed by atoms with E-state index in [1.807, 2.05) is 11.8 Å². The number of methoxy groups -OCH3 is 1. The first-order valence-electron chi connectivity index (χ1n) is 6.42. The molecule has 0 amide bonds. The summed E-state index contributed by atoms with van der Waals surface area (Å²) in [6, 6.07) is 1.66. The van der Waals surface area contributed by atoms with Gasteiger partial charge in [0.25, 0.3) is 0 Å². The zero-order chi connectivity index (χ0) is 14.5. The summed E-state index contributed by atoms with van der Waals surface area (Å²) in [5.74, 6) is 3.42. The Kier molecular flexibility index (Phi) is 7.36. The molecule has 1 aliphatic heterocycles. The van der Waals surface area contributed by atoms with Crippen molar-refractivity contribution in [1.82, 2.24) is 4.90 Å². The van der Waals surface area contributed by atoms with Crippen molar-refractivity contribution >= 4 is 47.7 Å². The Morgan fingerprint density at radius 2 is 2.19 bits per heavy atom. The average molecular weight is 425 g/mol. The molecule has 2 N–H and O–H groups in total. The number of aryl methyl sites for hydroxylation is 1. The number of ether oxygens (including phenoxy) is 1. The molecule has 21 heavy (non-hydrogen) atoms. The molecule has 0 atom stereocenters. The highest BCUT2D eigenvalue weighted by Crippen LogP contribution is 2.16. The fourth-order valence-electron chi connectivity index (χ4n) is 1.99. The Labute approximate surface area is 145 Å². The van der Waals surface area contributed by atoms with E-state index in [-0.39, 0.29) is 24.0 Å². The van der Waals surface area contributed by atoms with Crippen molar-refractivity contribution in [3.63, 3.8) is 0 Å². The van der Waals surface area contributed by atoms with Crippen molar-refractivity contribution in [2.24, 2.45) is 10.7 Å². The fraction of sp³-hybridized carbons (Fsp3) is 0.538. The summed E-state index contributed by atoms with van der Waals surface area (Å²) in [4.78, 5) is 17.9. The van der Waals surface area contributed by atoms with E-state index in [4.69, 9.17) is 10.2 Å². The summed E-state index contributed by atoms with van der Waals surface area (Å²) < 4.78 is 10.2. The lowest BCUT2D eigenvalue weighted by atomic mass is 10.2. The zero-order valence-electron chi connectivity index (χ0n) is 12.1. The number of nitrogens with zero attached hydrogens (tertiary/aromatic N) is 2. The number of hydrogen-bond acceptors (Lipinski definition) is 5. The number of carbonyl (C=O) groups excluding carboxylic acids is 1. The molecule has 118 valence electrons. The molecule has 1 aromatic rings. The van der Waals surface area contributed by atoms with Crippen molar-refractivity contribution in [1.29, 1.82) is 0 Å². The maximum absolute atomic E-state index is 11.5. The number of rotatable bonds is 3. The highest BCUT2D eigenvalue weighted by Gasteiger charge is 2.16. The van der Waals surface area contributed by atoms with E-state index >= 15 is 0 Å². The van der Waals surface area contributed by atoms with Crippen molar-refractivity contribution in [3.05, 3.63) is 23.2 Å². The number of furan rings is 1. The van der Waals surface area contributed by atoms with Gasteiger partial charge in [-0.2, -0.15) is 11.8 Å². The summed E-state index contributed by atoms with van der Waals surface area (Å²) in [5.41, 5.74) is 6.40. The van der Waals surface area contributed by atoms with Gasteiger partial charge in [-0.3, -0.25) is 0 Å². The van der Waals surface area contributed by atoms with Gasteiger partial charge in [0, 0.05) is 24.6 Å². The van der Waals surface area contributed by atoms with Crippen LogP contribution in [0.3, 0.4) is 0 Å². The molecule has 1 fully saturated rings. The third-order valence-corrected chi connectivity index (χ3v) is 4.05. The summed E-state index contributed by atoms with van der Waals surface area (Å²) in [6.45, 7) is 3.90. The van der Waals surface area contributed by atoms with Crippen LogP contribution in [0, 0.1) is 6.92 Å². The first-order valence-corrected chi connectivity index (χ1v) is 7.57. The van der Waals surface area contributed by atoms with Gasteiger partial charge in [-0.25, -0.2) is 9.79 Å². The van der Waals surface area contributed by atoms with E-state index < -0.39 is 5.97 Å². The van der Waals surface area contributed by atoms with Crippen molar-refractivity contribution in [2.75, 3.05) is 31.7 Å². The Morgan fingerprint density at radius 3 is 2.81 bits per heavy atom. The number of hydrogen-bond donors (Lipinski definition) is 1. The second-order valence-electron chi connectivity index (χ2n) is 4.45. The second kappa shape index (κ2) is 8.52. The molecule has 8 heteroatoms. The number of carbonyl (C=O) groups is 1. The summed E-state index contributed by atoms with van der Waals surface area (Å²) in [5, 5.41) is 0. The highest BCUT2D eigenvalue weighted by atomic mass is 127. The minimum atomic E-state index is -0.400. The predicted octanol–water partition coefficient (Wildman–Crippen LogP) is 1.86. The first kappa shape index (κ1) is 18.1. The lowest BCUT2D eigenvalue weighted by Crippen LogP contribution is -2.42. The van der Waals surface area contributed by atoms with Crippen LogP contribution >= 0.6 is 35.7 Å². The van der Waals surface area contributed by atoms with Gasteiger partial charge in [0.15, 0.2) is 5.96 Å². The van der Waals surface area contributed by atoms with E-state index in [0.717, 1.165) is 24.6 Å². The Bertz CT molecular complexity index is 513. The summed E-state index contributed by atoms with van der Waals surface area (Å²) >= 11 is 1.92. The number of thioether (sulfide) groups is 1. The minimum Gasteiger partial charge on any atom is -0.465 e. The van der Waals surface area contributed by atoms with Gasteiger partial charge in [-0.1, -0.05) is 0 Å². The first-order chi connectivity index (χ1) is 9.61. The SMILES string of the molecule is COC(=O)c1cc(CN=C(N)N2CCSCC2)oc1C.I. The maximum atomic E-state index is 11.5. The molecule has 1 aromatic heterocycles. The summed E-state index contributed by atoms with van der Waals surface area (Å²) in [7, 11) is 1.35. The van der Waals surface area contributed by atoms with Crippen LogP contribution in [-0.2, 0) is 11.3 Å². The molecule has 6 nitrogen and oxygen atoms in total. The molecule has 1 saturated heterocycles. The van der Waals surface area contributed by atoms with Gasteiger partial charge in [0.2, 0.25) is 0 Å². The van der Waals surface area contributed by atoms with Crippen LogP contribution < -0.4 is 5.73 Å². The molecular weight excluding hydrogens is 405 g/mol. The molecule has 1 aliphatic rings. The van der Waals surface area contributed by atoms with Crippen LogP contribution in [0.5, 0.6) is 0 Å². The monoisotopic (exact) mass is 425 g/mol. The Morgan fingerprint density at radius 1 is 1.52 bits per heavy atom.